The number of pyridine rings is 1. The molecule has 1 aliphatic heterocycles. The number of amides is 1. The Hall–Kier alpha value is -0.820. The molecule has 0 aliphatic carbocycles. The molecule has 1 aliphatic rings. The minimum Gasteiger partial charge on any atom is -0.339 e. The maximum absolute atomic E-state index is 12.7. The van der Waals surface area contributed by atoms with Gasteiger partial charge in [0.2, 0.25) is 5.91 Å². The van der Waals surface area contributed by atoms with Crippen LogP contribution >= 0.6 is 35.0 Å². The summed E-state index contributed by atoms with van der Waals surface area (Å²) in [5.41, 5.74) is 1.27. The molecule has 2 heterocycles. The fourth-order valence-electron chi connectivity index (χ4n) is 4.61. The second-order valence-electron chi connectivity index (χ2n) is 8.89. The molecule has 0 N–H and O–H groups in total. The predicted octanol–water partition coefficient (Wildman–Crippen LogP) is 6.28. The standard InChI is InChI=1S/C25H39Cl2N3O2S/c1-5-8-23(32)30(15-16-33-6-2)20-11-13-29(14-12-20)19(4)9-7-10-21(31)24-18(3)17-22(26)28-25(24)27/h17,19-20H,5-16H2,1-4H3/t19-/m1/s1. The van der Waals surface area contributed by atoms with Gasteiger partial charge < -0.3 is 9.80 Å². The largest absolute Gasteiger partial charge is 0.339 e. The van der Waals surface area contributed by atoms with Crippen molar-refractivity contribution in [2.75, 3.05) is 31.1 Å². The Labute approximate surface area is 214 Å². The van der Waals surface area contributed by atoms with E-state index in [0.717, 1.165) is 68.8 Å². The summed E-state index contributed by atoms with van der Waals surface area (Å²) in [5.74, 6) is 2.45. The number of aromatic nitrogens is 1. The highest BCUT2D eigenvalue weighted by Crippen LogP contribution is 2.25. The molecule has 0 unspecified atom stereocenters. The Morgan fingerprint density at radius 1 is 1.24 bits per heavy atom. The van der Waals surface area contributed by atoms with E-state index in [-0.39, 0.29) is 10.9 Å². The van der Waals surface area contributed by atoms with Crippen LogP contribution < -0.4 is 0 Å². The molecule has 1 fully saturated rings. The van der Waals surface area contributed by atoms with Gasteiger partial charge in [-0.15, -0.1) is 0 Å². The van der Waals surface area contributed by atoms with E-state index in [2.05, 4.69) is 35.6 Å². The third-order valence-electron chi connectivity index (χ3n) is 6.47. The first kappa shape index (κ1) is 28.4. The van der Waals surface area contributed by atoms with Crippen LogP contribution in [0.1, 0.15) is 81.6 Å². The minimum absolute atomic E-state index is 0.0302. The van der Waals surface area contributed by atoms with Crippen LogP contribution in [0.5, 0.6) is 0 Å². The van der Waals surface area contributed by atoms with Crippen molar-refractivity contribution in [3.8, 4) is 0 Å². The Morgan fingerprint density at radius 3 is 2.55 bits per heavy atom. The van der Waals surface area contributed by atoms with Crippen LogP contribution in [0.15, 0.2) is 6.07 Å². The molecule has 0 spiro atoms. The molecule has 1 aromatic heterocycles. The van der Waals surface area contributed by atoms with Crippen molar-refractivity contribution >= 4 is 46.7 Å². The smallest absolute Gasteiger partial charge is 0.222 e. The van der Waals surface area contributed by atoms with Crippen molar-refractivity contribution in [3.63, 3.8) is 0 Å². The Bertz CT molecular complexity index is 762. The Balaban J connectivity index is 1.81. The average Bonchev–Trinajstić information content (AvgIpc) is 2.76. The van der Waals surface area contributed by atoms with Crippen molar-refractivity contribution in [1.29, 1.82) is 0 Å². The molecule has 2 rings (SSSR count). The maximum Gasteiger partial charge on any atom is 0.222 e. The molecule has 1 atom stereocenters. The van der Waals surface area contributed by atoms with Crippen molar-refractivity contribution in [2.45, 2.75) is 84.7 Å². The summed E-state index contributed by atoms with van der Waals surface area (Å²) < 4.78 is 0. The zero-order valence-electron chi connectivity index (χ0n) is 20.5. The molecular weight excluding hydrogens is 477 g/mol. The first-order chi connectivity index (χ1) is 15.8. The van der Waals surface area contributed by atoms with Crippen LogP contribution in [0.2, 0.25) is 10.3 Å². The van der Waals surface area contributed by atoms with E-state index in [4.69, 9.17) is 23.2 Å². The van der Waals surface area contributed by atoms with Crippen LogP contribution in [-0.4, -0.2) is 69.7 Å². The fraction of sp³-hybridized carbons (Fsp3) is 0.720. The van der Waals surface area contributed by atoms with Crippen LogP contribution in [-0.2, 0) is 4.79 Å². The van der Waals surface area contributed by atoms with E-state index in [0.29, 0.717) is 41.5 Å². The monoisotopic (exact) mass is 515 g/mol. The lowest BCUT2D eigenvalue weighted by atomic mass is 9.98. The number of rotatable bonds is 13. The lowest BCUT2D eigenvalue weighted by molar-refractivity contribution is -0.134. The number of piperidine rings is 1. The molecular formula is C25H39Cl2N3O2S. The number of hydrogen-bond donors (Lipinski definition) is 0. The summed E-state index contributed by atoms with van der Waals surface area (Å²) in [6, 6.07) is 2.45. The number of likely N-dealkylation sites (tertiary alicyclic amines) is 1. The highest BCUT2D eigenvalue weighted by Gasteiger charge is 2.29. The Morgan fingerprint density at radius 2 is 1.94 bits per heavy atom. The van der Waals surface area contributed by atoms with Gasteiger partial charge in [-0.25, -0.2) is 4.98 Å². The zero-order valence-corrected chi connectivity index (χ0v) is 22.9. The van der Waals surface area contributed by atoms with E-state index in [1.807, 2.05) is 18.7 Å². The van der Waals surface area contributed by atoms with E-state index in [1.54, 1.807) is 6.07 Å². The number of ketones is 1. The molecule has 0 saturated carbocycles. The van der Waals surface area contributed by atoms with Crippen molar-refractivity contribution in [1.82, 2.24) is 14.8 Å². The fourth-order valence-corrected chi connectivity index (χ4v) is 5.86. The molecule has 5 nitrogen and oxygen atoms in total. The number of Topliss-reactive ketones (excluding diaryl/α,β-unsaturated/α-hetero) is 1. The van der Waals surface area contributed by atoms with E-state index < -0.39 is 0 Å². The van der Waals surface area contributed by atoms with E-state index >= 15 is 0 Å². The summed E-state index contributed by atoms with van der Waals surface area (Å²) in [5, 5.41) is 0.504. The molecule has 1 saturated heterocycles. The van der Waals surface area contributed by atoms with Gasteiger partial charge in [0.25, 0.3) is 0 Å². The number of carbonyl (C=O) groups excluding carboxylic acids is 2. The molecule has 1 aromatic rings. The summed E-state index contributed by atoms with van der Waals surface area (Å²) in [4.78, 5) is 34.0. The summed E-state index contributed by atoms with van der Waals surface area (Å²) in [6.07, 6.45) is 5.84. The first-order valence-electron chi connectivity index (χ1n) is 12.3. The maximum atomic E-state index is 12.7. The van der Waals surface area contributed by atoms with E-state index in [1.165, 1.54) is 0 Å². The number of nitrogens with zero attached hydrogens (tertiary/aromatic N) is 3. The predicted molar refractivity (Wildman–Crippen MR) is 141 cm³/mol. The van der Waals surface area contributed by atoms with Crippen molar-refractivity contribution in [3.05, 3.63) is 27.5 Å². The lowest BCUT2D eigenvalue weighted by Crippen LogP contribution is -2.50. The quantitative estimate of drug-likeness (QED) is 0.175. The molecule has 33 heavy (non-hydrogen) atoms. The highest BCUT2D eigenvalue weighted by molar-refractivity contribution is 7.99. The molecule has 186 valence electrons. The van der Waals surface area contributed by atoms with Gasteiger partial charge in [0.1, 0.15) is 10.3 Å². The summed E-state index contributed by atoms with van der Waals surface area (Å²) in [7, 11) is 0. The van der Waals surface area contributed by atoms with Gasteiger partial charge in [0.15, 0.2) is 5.78 Å². The van der Waals surface area contributed by atoms with Gasteiger partial charge in [-0.2, -0.15) is 11.8 Å². The molecule has 1 amide bonds. The highest BCUT2D eigenvalue weighted by atomic mass is 35.5. The normalized spacial score (nSPS) is 16.1. The third kappa shape index (κ3) is 8.72. The SMILES string of the molecule is CCCC(=O)N(CCSCC)C1CCN([C@H](C)CCCC(=O)c2c(C)cc(Cl)nc2Cl)CC1. The average molecular weight is 517 g/mol. The van der Waals surface area contributed by atoms with Crippen LogP contribution in [0.4, 0.5) is 0 Å². The van der Waals surface area contributed by atoms with Crippen LogP contribution in [0, 0.1) is 6.92 Å². The van der Waals surface area contributed by atoms with Crippen molar-refractivity contribution < 1.29 is 9.59 Å². The number of aryl methyl sites for hydroxylation is 1. The van der Waals surface area contributed by atoms with Crippen LogP contribution in [0.3, 0.4) is 0 Å². The molecule has 0 radical (unpaired) electrons. The topological polar surface area (TPSA) is 53.5 Å². The second-order valence-corrected chi connectivity index (χ2v) is 11.0. The molecule has 8 heteroatoms. The number of carbonyl (C=O) groups is 2. The number of thioether (sulfide) groups is 1. The summed E-state index contributed by atoms with van der Waals surface area (Å²) in [6.45, 7) is 11.2. The second kappa shape index (κ2) is 14.6. The van der Waals surface area contributed by atoms with Gasteiger partial charge in [0.05, 0.1) is 5.56 Å². The van der Waals surface area contributed by atoms with E-state index in [9.17, 15) is 9.59 Å². The van der Waals surface area contributed by atoms with Gasteiger partial charge in [-0.3, -0.25) is 9.59 Å². The molecule has 0 aromatic carbocycles. The van der Waals surface area contributed by atoms with Crippen LogP contribution in [0.25, 0.3) is 0 Å². The first-order valence-corrected chi connectivity index (χ1v) is 14.2. The zero-order chi connectivity index (χ0) is 24.4. The van der Waals surface area contributed by atoms with Gasteiger partial charge >= 0.3 is 0 Å². The van der Waals surface area contributed by atoms with Gasteiger partial charge in [0, 0.05) is 50.3 Å². The third-order valence-corrected chi connectivity index (χ3v) is 7.82. The van der Waals surface area contributed by atoms with Gasteiger partial charge in [-0.05, 0) is 63.3 Å². The number of hydrogen-bond acceptors (Lipinski definition) is 5. The Kier molecular flexibility index (Phi) is 12.5. The minimum atomic E-state index is 0.0302. The van der Waals surface area contributed by atoms with Crippen molar-refractivity contribution in [2.24, 2.45) is 0 Å². The lowest BCUT2D eigenvalue weighted by Gasteiger charge is -2.41. The number of halogens is 2. The molecule has 0 bridgehead atoms. The summed E-state index contributed by atoms with van der Waals surface area (Å²) >= 11 is 14.0. The van der Waals surface area contributed by atoms with Gasteiger partial charge in [-0.1, -0.05) is 37.0 Å².